The third kappa shape index (κ3) is 3.86. The highest BCUT2D eigenvalue weighted by Crippen LogP contribution is 2.40. The summed E-state index contributed by atoms with van der Waals surface area (Å²) in [5.74, 6) is 1.26. The topological polar surface area (TPSA) is 89.9 Å². The molecular formula is C26H26N6OS. The van der Waals surface area contributed by atoms with Gasteiger partial charge >= 0.3 is 0 Å². The first-order valence-corrected chi connectivity index (χ1v) is 12.9. The number of fused-ring (bicyclic) bond motifs is 1. The lowest BCUT2D eigenvalue weighted by Gasteiger charge is -2.16. The molecule has 1 saturated heterocycles. The van der Waals surface area contributed by atoms with Crippen molar-refractivity contribution in [1.82, 2.24) is 24.4 Å². The number of nitrogens with zero attached hydrogens (tertiary/aromatic N) is 5. The van der Waals surface area contributed by atoms with E-state index in [-0.39, 0.29) is 11.9 Å². The molecular weight excluding hydrogens is 444 g/mol. The van der Waals surface area contributed by atoms with E-state index in [1.807, 2.05) is 58.7 Å². The SMILES string of the molecule is CSc1cn(-c2ncc(-c3cc(C4CC4)ccn3)cn2)c2cc(C(=O)N3CCC(N)C3)ccc12. The van der Waals surface area contributed by atoms with Crippen LogP contribution in [0, 0.1) is 0 Å². The van der Waals surface area contributed by atoms with E-state index in [0.717, 1.165) is 33.5 Å². The van der Waals surface area contributed by atoms with Gasteiger partial charge in [-0.05, 0) is 61.3 Å². The molecule has 0 spiro atoms. The number of thioether (sulfide) groups is 1. The average Bonchev–Trinajstić information content (AvgIpc) is 3.54. The van der Waals surface area contributed by atoms with Gasteiger partial charge in [-0.15, -0.1) is 11.8 Å². The molecule has 4 heterocycles. The summed E-state index contributed by atoms with van der Waals surface area (Å²) in [4.78, 5) is 29.9. The first kappa shape index (κ1) is 21.3. The van der Waals surface area contributed by atoms with Gasteiger partial charge in [-0.1, -0.05) is 6.07 Å². The normalized spacial score (nSPS) is 18.1. The Balaban J connectivity index is 1.35. The maximum atomic E-state index is 13.1. The van der Waals surface area contributed by atoms with Crippen LogP contribution in [0.5, 0.6) is 0 Å². The number of hydrogen-bond donors (Lipinski definition) is 1. The van der Waals surface area contributed by atoms with Gasteiger partial charge in [-0.3, -0.25) is 14.3 Å². The number of pyridine rings is 1. The van der Waals surface area contributed by atoms with Gasteiger partial charge in [0.05, 0.1) is 11.2 Å². The Morgan fingerprint density at radius 3 is 2.62 bits per heavy atom. The van der Waals surface area contributed by atoms with Crippen LogP contribution in [0.15, 0.2) is 60.0 Å². The van der Waals surface area contributed by atoms with Crippen LogP contribution in [0.4, 0.5) is 0 Å². The lowest BCUT2D eigenvalue weighted by atomic mass is 10.1. The molecule has 1 aliphatic carbocycles. The van der Waals surface area contributed by atoms with E-state index in [9.17, 15) is 4.79 Å². The quantitative estimate of drug-likeness (QED) is 0.439. The highest BCUT2D eigenvalue weighted by Gasteiger charge is 2.26. The van der Waals surface area contributed by atoms with E-state index in [1.165, 1.54) is 18.4 Å². The fraction of sp³-hybridized carbons (Fsp3) is 0.308. The lowest BCUT2D eigenvalue weighted by molar-refractivity contribution is 0.0791. The van der Waals surface area contributed by atoms with Gasteiger partial charge in [-0.2, -0.15) is 0 Å². The minimum absolute atomic E-state index is 0.0196. The number of nitrogens with two attached hydrogens (primary N) is 1. The van der Waals surface area contributed by atoms with Crippen molar-refractivity contribution < 1.29 is 4.79 Å². The maximum absolute atomic E-state index is 13.1. The Labute approximate surface area is 202 Å². The Morgan fingerprint density at radius 2 is 1.91 bits per heavy atom. The van der Waals surface area contributed by atoms with Crippen LogP contribution in [0.2, 0.25) is 0 Å². The molecule has 1 aromatic carbocycles. The molecule has 34 heavy (non-hydrogen) atoms. The van der Waals surface area contributed by atoms with Crippen LogP contribution in [0.3, 0.4) is 0 Å². The molecule has 3 aromatic heterocycles. The fourth-order valence-corrected chi connectivity index (χ4v) is 5.27. The van der Waals surface area contributed by atoms with E-state index in [4.69, 9.17) is 5.73 Å². The minimum atomic E-state index is 0.0196. The van der Waals surface area contributed by atoms with Crippen molar-refractivity contribution in [2.45, 2.75) is 36.1 Å². The van der Waals surface area contributed by atoms with Crippen LogP contribution in [0.25, 0.3) is 28.1 Å². The monoisotopic (exact) mass is 470 g/mol. The number of carbonyl (C=O) groups is 1. The summed E-state index contributed by atoms with van der Waals surface area (Å²) in [7, 11) is 0. The zero-order valence-electron chi connectivity index (χ0n) is 19.0. The summed E-state index contributed by atoms with van der Waals surface area (Å²) >= 11 is 1.67. The molecule has 0 bridgehead atoms. The van der Waals surface area contributed by atoms with Crippen LogP contribution in [-0.2, 0) is 0 Å². The number of likely N-dealkylation sites (tertiary alicyclic amines) is 1. The molecule has 7 nitrogen and oxygen atoms in total. The summed E-state index contributed by atoms with van der Waals surface area (Å²) in [6.07, 6.45) is 13.0. The Kier molecular flexibility index (Phi) is 5.34. The van der Waals surface area contributed by atoms with Crippen LogP contribution >= 0.6 is 11.8 Å². The highest BCUT2D eigenvalue weighted by atomic mass is 32.2. The summed E-state index contributed by atoms with van der Waals surface area (Å²) in [5.41, 5.74) is 10.7. The van der Waals surface area contributed by atoms with Crippen molar-refractivity contribution in [3.05, 3.63) is 66.2 Å². The Hall–Kier alpha value is -3.23. The van der Waals surface area contributed by atoms with E-state index < -0.39 is 0 Å². The number of rotatable bonds is 5. The van der Waals surface area contributed by atoms with E-state index in [1.54, 1.807) is 11.8 Å². The predicted octanol–water partition coefficient (Wildman–Crippen LogP) is 4.26. The molecule has 1 unspecified atom stereocenters. The second-order valence-electron chi connectivity index (χ2n) is 9.12. The number of amides is 1. The van der Waals surface area contributed by atoms with Gasteiger partial charge in [-0.25, -0.2) is 9.97 Å². The predicted molar refractivity (Wildman–Crippen MR) is 134 cm³/mol. The molecule has 4 aromatic rings. The lowest BCUT2D eigenvalue weighted by Crippen LogP contribution is -2.31. The Morgan fingerprint density at radius 1 is 1.09 bits per heavy atom. The van der Waals surface area contributed by atoms with Crippen molar-refractivity contribution in [2.75, 3.05) is 19.3 Å². The van der Waals surface area contributed by atoms with Crippen molar-refractivity contribution in [1.29, 1.82) is 0 Å². The number of aromatic nitrogens is 4. The fourth-order valence-electron chi connectivity index (χ4n) is 4.66. The van der Waals surface area contributed by atoms with Crippen LogP contribution < -0.4 is 5.73 Å². The molecule has 2 aliphatic rings. The number of hydrogen-bond acceptors (Lipinski definition) is 6. The smallest absolute Gasteiger partial charge is 0.253 e. The molecule has 8 heteroatoms. The molecule has 1 saturated carbocycles. The van der Waals surface area contributed by atoms with Gasteiger partial charge in [0.25, 0.3) is 5.91 Å². The van der Waals surface area contributed by atoms with Crippen molar-refractivity contribution >= 4 is 28.6 Å². The molecule has 1 atom stereocenters. The number of benzene rings is 1. The molecule has 1 amide bonds. The molecule has 2 N–H and O–H groups in total. The van der Waals surface area contributed by atoms with E-state index in [2.05, 4.69) is 27.1 Å². The molecule has 172 valence electrons. The third-order valence-electron chi connectivity index (χ3n) is 6.73. The first-order chi connectivity index (χ1) is 16.6. The van der Waals surface area contributed by atoms with E-state index >= 15 is 0 Å². The first-order valence-electron chi connectivity index (χ1n) is 11.6. The Bertz CT molecular complexity index is 1380. The standard InChI is InChI=1S/C26H26N6OS/c1-34-24-15-32(23-11-18(4-5-21(23)24)25(33)31-9-7-20(27)14-31)26-29-12-19(13-30-26)22-10-17(6-8-28-22)16-2-3-16/h4-6,8,10-13,15-16,20H,2-3,7,9,14,27H2,1H3. The van der Waals surface area contributed by atoms with Gasteiger partial charge in [0.2, 0.25) is 5.95 Å². The highest BCUT2D eigenvalue weighted by molar-refractivity contribution is 7.98. The summed E-state index contributed by atoms with van der Waals surface area (Å²) in [6.45, 7) is 1.31. The van der Waals surface area contributed by atoms with Crippen molar-refractivity contribution in [3.8, 4) is 17.2 Å². The minimum Gasteiger partial charge on any atom is -0.337 e. The second-order valence-corrected chi connectivity index (χ2v) is 9.97. The maximum Gasteiger partial charge on any atom is 0.253 e. The summed E-state index contributed by atoms with van der Waals surface area (Å²) < 4.78 is 1.96. The summed E-state index contributed by atoms with van der Waals surface area (Å²) in [6, 6.07) is 10.2. The van der Waals surface area contributed by atoms with Crippen molar-refractivity contribution in [3.63, 3.8) is 0 Å². The third-order valence-corrected chi connectivity index (χ3v) is 7.50. The van der Waals surface area contributed by atoms with Gasteiger partial charge in [0.15, 0.2) is 0 Å². The van der Waals surface area contributed by atoms with E-state index in [0.29, 0.717) is 30.5 Å². The summed E-state index contributed by atoms with van der Waals surface area (Å²) in [5, 5.41) is 1.08. The van der Waals surface area contributed by atoms with Gasteiger partial charge in [0.1, 0.15) is 0 Å². The van der Waals surface area contributed by atoms with Crippen molar-refractivity contribution in [2.24, 2.45) is 5.73 Å². The zero-order chi connectivity index (χ0) is 23.2. The largest absolute Gasteiger partial charge is 0.337 e. The van der Waals surface area contributed by atoms with Gasteiger partial charge in [0, 0.05) is 65.3 Å². The molecule has 1 aliphatic heterocycles. The molecule has 0 radical (unpaired) electrons. The van der Waals surface area contributed by atoms with Crippen LogP contribution in [0.1, 0.15) is 41.1 Å². The van der Waals surface area contributed by atoms with Crippen LogP contribution in [-0.4, -0.2) is 55.7 Å². The average molecular weight is 471 g/mol. The molecule has 6 rings (SSSR count). The van der Waals surface area contributed by atoms with Gasteiger partial charge < -0.3 is 10.6 Å². The number of carbonyl (C=O) groups excluding carboxylic acids is 1. The molecule has 2 fully saturated rings. The zero-order valence-corrected chi connectivity index (χ0v) is 19.8. The second kappa shape index (κ2) is 8.52.